The van der Waals surface area contributed by atoms with Crippen LogP contribution in [0.5, 0.6) is 5.75 Å². The van der Waals surface area contributed by atoms with E-state index in [2.05, 4.69) is 68.0 Å². The molecule has 1 saturated heterocycles. The van der Waals surface area contributed by atoms with Crippen molar-refractivity contribution in [1.29, 1.82) is 0 Å². The molecule has 0 aliphatic carbocycles. The molecular formula is C32H36FN3O. The number of ether oxygens (including phenoxy) is 1. The predicted molar refractivity (Wildman–Crippen MR) is 151 cm³/mol. The standard InChI is InChI=1S/C32H36FN3O/c1-22(2)27-7-5-6-8-31(27)37-20-15-28-23(3)34-30-14-13-26(36-18-16-35(4)17-19-36)21-29(30)32(28)24-9-11-25(33)12-10-24/h5-14,21-22H,15-20H2,1-4H3. The predicted octanol–water partition coefficient (Wildman–Crippen LogP) is 6.85. The Morgan fingerprint density at radius 2 is 1.68 bits per heavy atom. The molecule has 0 radical (unpaired) electrons. The summed E-state index contributed by atoms with van der Waals surface area (Å²) in [6, 6.07) is 21.7. The lowest BCUT2D eigenvalue weighted by Gasteiger charge is -2.34. The number of benzene rings is 3. The van der Waals surface area contributed by atoms with Gasteiger partial charge in [0.25, 0.3) is 0 Å². The fourth-order valence-corrected chi connectivity index (χ4v) is 5.28. The molecule has 0 saturated carbocycles. The number of fused-ring (bicyclic) bond motifs is 1. The van der Waals surface area contributed by atoms with Crippen molar-refractivity contribution in [2.45, 2.75) is 33.1 Å². The lowest BCUT2D eigenvalue weighted by Crippen LogP contribution is -2.44. The van der Waals surface area contributed by atoms with Crippen molar-refractivity contribution in [2.75, 3.05) is 44.7 Å². The van der Waals surface area contributed by atoms with E-state index in [1.54, 1.807) is 12.1 Å². The third-order valence-corrected chi connectivity index (χ3v) is 7.43. The van der Waals surface area contributed by atoms with E-state index in [4.69, 9.17) is 9.72 Å². The van der Waals surface area contributed by atoms with Crippen molar-refractivity contribution in [3.63, 3.8) is 0 Å². The molecule has 0 N–H and O–H groups in total. The van der Waals surface area contributed by atoms with Gasteiger partial charge in [-0.1, -0.05) is 44.2 Å². The van der Waals surface area contributed by atoms with Crippen LogP contribution in [0.1, 0.15) is 36.6 Å². The van der Waals surface area contributed by atoms with Crippen LogP contribution in [0.3, 0.4) is 0 Å². The number of hydrogen-bond donors (Lipinski definition) is 0. The average molecular weight is 498 g/mol. The topological polar surface area (TPSA) is 28.6 Å². The van der Waals surface area contributed by atoms with Crippen LogP contribution >= 0.6 is 0 Å². The summed E-state index contributed by atoms with van der Waals surface area (Å²) in [5.74, 6) is 1.10. The quantitative estimate of drug-likeness (QED) is 0.279. The van der Waals surface area contributed by atoms with Gasteiger partial charge in [0, 0.05) is 49.4 Å². The SMILES string of the molecule is Cc1nc2ccc(N3CCN(C)CC3)cc2c(-c2ccc(F)cc2)c1CCOc1ccccc1C(C)C. The molecule has 4 aromatic rings. The fraction of sp³-hybridized carbons (Fsp3) is 0.344. The van der Waals surface area contributed by atoms with E-state index in [1.807, 2.05) is 24.3 Å². The molecular weight excluding hydrogens is 461 g/mol. The second kappa shape index (κ2) is 10.9. The lowest BCUT2D eigenvalue weighted by atomic mass is 9.92. The molecule has 0 spiro atoms. The zero-order chi connectivity index (χ0) is 25.9. The summed E-state index contributed by atoms with van der Waals surface area (Å²) in [6.45, 7) is 11.1. The van der Waals surface area contributed by atoms with E-state index < -0.39 is 0 Å². The number of likely N-dealkylation sites (N-methyl/N-ethyl adjacent to an activating group) is 1. The summed E-state index contributed by atoms with van der Waals surface area (Å²) in [4.78, 5) is 9.80. The highest BCUT2D eigenvalue weighted by molar-refractivity contribution is 5.98. The van der Waals surface area contributed by atoms with Crippen LogP contribution in [0.25, 0.3) is 22.0 Å². The van der Waals surface area contributed by atoms with Gasteiger partial charge in [0.1, 0.15) is 11.6 Å². The number of halogens is 1. The lowest BCUT2D eigenvalue weighted by molar-refractivity contribution is 0.313. The molecule has 5 rings (SSSR count). The maximum atomic E-state index is 13.9. The molecule has 1 aliphatic rings. The number of rotatable bonds is 7. The molecule has 3 aromatic carbocycles. The van der Waals surface area contributed by atoms with Crippen LogP contribution in [-0.4, -0.2) is 49.7 Å². The van der Waals surface area contributed by atoms with E-state index >= 15 is 0 Å². The minimum absolute atomic E-state index is 0.230. The van der Waals surface area contributed by atoms with Crippen LogP contribution < -0.4 is 9.64 Å². The molecule has 5 heteroatoms. The third-order valence-electron chi connectivity index (χ3n) is 7.43. The Balaban J connectivity index is 1.54. The summed E-state index contributed by atoms with van der Waals surface area (Å²) in [6.07, 6.45) is 0.715. The maximum Gasteiger partial charge on any atom is 0.123 e. The highest BCUT2D eigenvalue weighted by Crippen LogP contribution is 2.36. The van der Waals surface area contributed by atoms with Gasteiger partial charge in [-0.05, 0) is 78.5 Å². The van der Waals surface area contributed by atoms with Crippen molar-refractivity contribution in [3.8, 4) is 16.9 Å². The Morgan fingerprint density at radius 3 is 2.41 bits per heavy atom. The van der Waals surface area contributed by atoms with Gasteiger partial charge in [-0.15, -0.1) is 0 Å². The van der Waals surface area contributed by atoms with Crippen LogP contribution in [0.15, 0.2) is 66.7 Å². The van der Waals surface area contributed by atoms with Crippen molar-refractivity contribution < 1.29 is 9.13 Å². The number of para-hydroxylation sites is 1. The summed E-state index contributed by atoms with van der Waals surface area (Å²) >= 11 is 0. The molecule has 1 aliphatic heterocycles. The van der Waals surface area contributed by atoms with Crippen molar-refractivity contribution in [1.82, 2.24) is 9.88 Å². The number of aryl methyl sites for hydroxylation is 1. The number of pyridine rings is 1. The van der Waals surface area contributed by atoms with Crippen LogP contribution in [0, 0.1) is 12.7 Å². The average Bonchev–Trinajstić information content (AvgIpc) is 2.90. The first kappa shape index (κ1) is 25.2. The normalized spacial score (nSPS) is 14.5. The van der Waals surface area contributed by atoms with E-state index in [9.17, 15) is 4.39 Å². The summed E-state index contributed by atoms with van der Waals surface area (Å²) in [7, 11) is 2.17. The van der Waals surface area contributed by atoms with Crippen LogP contribution in [0.2, 0.25) is 0 Å². The van der Waals surface area contributed by atoms with Crippen LogP contribution in [-0.2, 0) is 6.42 Å². The Kier molecular flexibility index (Phi) is 7.43. The largest absolute Gasteiger partial charge is 0.493 e. The van der Waals surface area contributed by atoms with Gasteiger partial charge in [-0.25, -0.2) is 4.39 Å². The van der Waals surface area contributed by atoms with E-state index in [1.165, 1.54) is 11.3 Å². The molecule has 37 heavy (non-hydrogen) atoms. The van der Waals surface area contributed by atoms with E-state index in [0.717, 1.165) is 65.2 Å². The zero-order valence-corrected chi connectivity index (χ0v) is 22.3. The monoisotopic (exact) mass is 497 g/mol. The molecule has 0 unspecified atom stereocenters. The maximum absolute atomic E-state index is 13.9. The minimum Gasteiger partial charge on any atom is -0.493 e. The third kappa shape index (κ3) is 5.47. The second-order valence-electron chi connectivity index (χ2n) is 10.3. The Hall–Kier alpha value is -3.44. The molecule has 1 fully saturated rings. The Bertz CT molecular complexity index is 1380. The first-order valence-electron chi connectivity index (χ1n) is 13.2. The van der Waals surface area contributed by atoms with E-state index in [-0.39, 0.29) is 5.82 Å². The van der Waals surface area contributed by atoms with Crippen LogP contribution in [0.4, 0.5) is 10.1 Å². The molecule has 0 amide bonds. The van der Waals surface area contributed by atoms with Crippen molar-refractivity contribution >= 4 is 16.6 Å². The van der Waals surface area contributed by atoms with Gasteiger partial charge in [0.05, 0.1) is 12.1 Å². The van der Waals surface area contributed by atoms with E-state index in [0.29, 0.717) is 18.9 Å². The molecule has 4 nitrogen and oxygen atoms in total. The smallest absolute Gasteiger partial charge is 0.123 e. The molecule has 192 valence electrons. The van der Waals surface area contributed by atoms with Gasteiger partial charge in [-0.2, -0.15) is 0 Å². The zero-order valence-electron chi connectivity index (χ0n) is 22.3. The van der Waals surface area contributed by atoms with Crippen molar-refractivity contribution in [2.24, 2.45) is 0 Å². The molecule has 2 heterocycles. The highest BCUT2D eigenvalue weighted by Gasteiger charge is 2.19. The number of anilines is 1. The number of aromatic nitrogens is 1. The molecule has 0 atom stereocenters. The Morgan fingerprint density at radius 1 is 0.946 bits per heavy atom. The summed E-state index contributed by atoms with van der Waals surface area (Å²) < 4.78 is 20.2. The fourth-order valence-electron chi connectivity index (χ4n) is 5.28. The molecule has 0 bridgehead atoms. The number of nitrogens with zero attached hydrogens (tertiary/aromatic N) is 3. The first-order chi connectivity index (χ1) is 17.9. The van der Waals surface area contributed by atoms with Gasteiger partial charge in [-0.3, -0.25) is 4.98 Å². The van der Waals surface area contributed by atoms with Gasteiger partial charge in [0.15, 0.2) is 0 Å². The van der Waals surface area contributed by atoms with Gasteiger partial charge >= 0.3 is 0 Å². The van der Waals surface area contributed by atoms with Gasteiger partial charge < -0.3 is 14.5 Å². The minimum atomic E-state index is -0.230. The highest BCUT2D eigenvalue weighted by atomic mass is 19.1. The summed E-state index contributed by atoms with van der Waals surface area (Å²) in [5, 5.41) is 1.10. The number of piperazine rings is 1. The first-order valence-corrected chi connectivity index (χ1v) is 13.2. The van der Waals surface area contributed by atoms with Gasteiger partial charge in [0.2, 0.25) is 0 Å². The van der Waals surface area contributed by atoms with Crippen molar-refractivity contribution in [3.05, 3.63) is 89.4 Å². The second-order valence-corrected chi connectivity index (χ2v) is 10.3. The number of hydrogen-bond acceptors (Lipinski definition) is 4. The summed E-state index contributed by atoms with van der Waals surface area (Å²) in [5.41, 5.74) is 7.65. The molecule has 1 aromatic heterocycles. The Labute approximate surface area is 219 Å².